The molecule has 3 rings (SSSR count). The average molecular weight is 414 g/mol. The van der Waals surface area contributed by atoms with E-state index in [-0.39, 0.29) is 22.4 Å². The fraction of sp³-hybridized carbons (Fsp3) is 0.211. The van der Waals surface area contributed by atoms with Gasteiger partial charge < -0.3 is 14.5 Å². The smallest absolute Gasteiger partial charge is 0.296 e. The third kappa shape index (κ3) is 5.11. The van der Waals surface area contributed by atoms with Gasteiger partial charge >= 0.3 is 0 Å². The Hall–Kier alpha value is -3.40. The Bertz CT molecular complexity index is 1040. The first-order valence-corrected chi connectivity index (χ1v) is 9.70. The SMILES string of the molecule is CCOc1ccc(NC(=O)CSc2nnc(-c3ccccc3C)o2)c([N+](=O)[O-])c1. The van der Waals surface area contributed by atoms with Crippen molar-refractivity contribution in [2.24, 2.45) is 0 Å². The molecule has 0 spiro atoms. The molecular weight excluding hydrogens is 396 g/mol. The number of carbonyl (C=O) groups excluding carboxylic acids is 1. The zero-order valence-corrected chi connectivity index (χ0v) is 16.6. The summed E-state index contributed by atoms with van der Waals surface area (Å²) >= 11 is 1.05. The number of nitrogens with one attached hydrogen (secondary N) is 1. The summed E-state index contributed by atoms with van der Waals surface area (Å²) in [7, 11) is 0. The van der Waals surface area contributed by atoms with Gasteiger partial charge in [-0.3, -0.25) is 14.9 Å². The number of aryl methyl sites for hydroxylation is 1. The number of thioether (sulfide) groups is 1. The molecule has 1 amide bonds. The van der Waals surface area contributed by atoms with Gasteiger partial charge in [0.25, 0.3) is 10.9 Å². The lowest BCUT2D eigenvalue weighted by molar-refractivity contribution is -0.384. The molecule has 150 valence electrons. The van der Waals surface area contributed by atoms with Crippen LogP contribution in [-0.4, -0.2) is 33.4 Å². The predicted octanol–water partition coefficient (Wildman–Crippen LogP) is 4.08. The molecule has 0 saturated carbocycles. The lowest BCUT2D eigenvalue weighted by Gasteiger charge is -2.07. The number of nitro groups is 1. The second-order valence-corrected chi connectivity index (χ2v) is 6.82. The quantitative estimate of drug-likeness (QED) is 0.332. The van der Waals surface area contributed by atoms with Crippen molar-refractivity contribution in [2.45, 2.75) is 19.1 Å². The maximum Gasteiger partial charge on any atom is 0.296 e. The number of ether oxygens (including phenoxy) is 1. The number of anilines is 1. The molecule has 3 aromatic rings. The van der Waals surface area contributed by atoms with Crippen molar-refractivity contribution in [2.75, 3.05) is 17.7 Å². The molecule has 0 radical (unpaired) electrons. The normalized spacial score (nSPS) is 10.6. The van der Waals surface area contributed by atoms with Gasteiger partial charge in [-0.05, 0) is 37.6 Å². The first kappa shape index (κ1) is 20.3. The number of rotatable bonds is 8. The molecule has 0 unspecified atom stereocenters. The molecule has 0 aliphatic rings. The van der Waals surface area contributed by atoms with Gasteiger partial charge in [-0.2, -0.15) is 0 Å². The summed E-state index contributed by atoms with van der Waals surface area (Å²) in [4.78, 5) is 22.9. The van der Waals surface area contributed by atoms with Crippen LogP contribution in [0.2, 0.25) is 0 Å². The molecule has 1 N–H and O–H groups in total. The molecule has 2 aromatic carbocycles. The lowest BCUT2D eigenvalue weighted by Crippen LogP contribution is -2.15. The van der Waals surface area contributed by atoms with Gasteiger partial charge in [0.2, 0.25) is 11.8 Å². The lowest BCUT2D eigenvalue weighted by atomic mass is 10.1. The zero-order chi connectivity index (χ0) is 20.8. The topological polar surface area (TPSA) is 120 Å². The van der Waals surface area contributed by atoms with E-state index in [0.717, 1.165) is 22.9 Å². The molecule has 0 aliphatic carbocycles. The molecule has 10 heteroatoms. The highest BCUT2D eigenvalue weighted by Gasteiger charge is 2.18. The highest BCUT2D eigenvalue weighted by Crippen LogP contribution is 2.30. The van der Waals surface area contributed by atoms with Gasteiger partial charge in [0.1, 0.15) is 11.4 Å². The van der Waals surface area contributed by atoms with Gasteiger partial charge in [0.05, 0.1) is 23.3 Å². The minimum atomic E-state index is -0.572. The van der Waals surface area contributed by atoms with Crippen LogP contribution in [0.15, 0.2) is 52.1 Å². The summed E-state index contributed by atoms with van der Waals surface area (Å²) in [6, 6.07) is 11.9. The van der Waals surface area contributed by atoms with E-state index >= 15 is 0 Å². The summed E-state index contributed by atoms with van der Waals surface area (Å²) in [6.07, 6.45) is 0. The average Bonchev–Trinajstić information content (AvgIpc) is 3.17. The third-order valence-corrected chi connectivity index (χ3v) is 4.68. The maximum absolute atomic E-state index is 12.2. The second kappa shape index (κ2) is 9.20. The highest BCUT2D eigenvalue weighted by molar-refractivity contribution is 7.99. The fourth-order valence-electron chi connectivity index (χ4n) is 2.53. The van der Waals surface area contributed by atoms with E-state index in [1.165, 1.54) is 12.1 Å². The number of amides is 1. The van der Waals surface area contributed by atoms with Crippen LogP contribution in [0.3, 0.4) is 0 Å². The van der Waals surface area contributed by atoms with Gasteiger partial charge in [0.15, 0.2) is 0 Å². The first-order valence-electron chi connectivity index (χ1n) is 8.71. The highest BCUT2D eigenvalue weighted by atomic mass is 32.2. The van der Waals surface area contributed by atoms with E-state index in [0.29, 0.717) is 18.2 Å². The van der Waals surface area contributed by atoms with Crippen LogP contribution in [-0.2, 0) is 4.79 Å². The van der Waals surface area contributed by atoms with Crippen molar-refractivity contribution in [3.63, 3.8) is 0 Å². The van der Waals surface area contributed by atoms with Crippen LogP contribution in [0, 0.1) is 17.0 Å². The van der Waals surface area contributed by atoms with Crippen molar-refractivity contribution in [1.29, 1.82) is 0 Å². The molecule has 0 bridgehead atoms. The Labute approximate surface area is 170 Å². The summed E-state index contributed by atoms with van der Waals surface area (Å²) in [6.45, 7) is 4.10. The van der Waals surface area contributed by atoms with E-state index < -0.39 is 10.8 Å². The van der Waals surface area contributed by atoms with E-state index in [1.807, 2.05) is 31.2 Å². The van der Waals surface area contributed by atoms with Gasteiger partial charge in [-0.1, -0.05) is 30.0 Å². The second-order valence-electron chi connectivity index (χ2n) is 5.89. The fourth-order valence-corrected chi connectivity index (χ4v) is 3.09. The van der Waals surface area contributed by atoms with Crippen LogP contribution in [0.5, 0.6) is 5.75 Å². The van der Waals surface area contributed by atoms with Gasteiger partial charge in [-0.25, -0.2) is 0 Å². The number of hydrogen-bond acceptors (Lipinski definition) is 8. The Kier molecular flexibility index (Phi) is 6.45. The number of aromatic nitrogens is 2. The number of carbonyl (C=O) groups is 1. The van der Waals surface area contributed by atoms with E-state index in [9.17, 15) is 14.9 Å². The number of benzene rings is 2. The monoisotopic (exact) mass is 414 g/mol. The molecule has 1 aromatic heterocycles. The Morgan fingerprint density at radius 3 is 2.79 bits per heavy atom. The van der Waals surface area contributed by atoms with Crippen LogP contribution in [0.25, 0.3) is 11.5 Å². The predicted molar refractivity (Wildman–Crippen MR) is 108 cm³/mol. The minimum absolute atomic E-state index is 0.0419. The molecule has 1 heterocycles. The first-order chi connectivity index (χ1) is 14.0. The number of hydrogen-bond donors (Lipinski definition) is 1. The van der Waals surface area contributed by atoms with E-state index in [1.54, 1.807) is 13.0 Å². The maximum atomic E-state index is 12.2. The molecule has 9 nitrogen and oxygen atoms in total. The number of nitro benzene ring substituents is 1. The summed E-state index contributed by atoms with van der Waals surface area (Å²) in [5, 5.41) is 22.0. The Morgan fingerprint density at radius 2 is 2.07 bits per heavy atom. The largest absolute Gasteiger partial charge is 0.494 e. The van der Waals surface area contributed by atoms with Gasteiger partial charge in [-0.15, -0.1) is 10.2 Å². The van der Waals surface area contributed by atoms with Crippen LogP contribution < -0.4 is 10.1 Å². The standard InChI is InChI=1S/C19H18N4O5S/c1-3-27-13-8-9-15(16(10-13)23(25)26)20-17(24)11-29-19-22-21-18(28-19)14-7-5-4-6-12(14)2/h4-10H,3,11H2,1-2H3,(H,20,24). The summed E-state index contributed by atoms with van der Waals surface area (Å²) in [5.41, 5.74) is 1.67. The van der Waals surface area contributed by atoms with Crippen molar-refractivity contribution < 1.29 is 18.9 Å². The molecule has 0 aliphatic heterocycles. The Morgan fingerprint density at radius 1 is 1.28 bits per heavy atom. The van der Waals surface area contributed by atoms with Crippen molar-refractivity contribution in [3.8, 4) is 17.2 Å². The van der Waals surface area contributed by atoms with Gasteiger partial charge in [0, 0.05) is 5.56 Å². The summed E-state index contributed by atoms with van der Waals surface area (Å²) in [5.74, 6) is 0.256. The molecule has 0 atom stereocenters. The zero-order valence-electron chi connectivity index (χ0n) is 15.7. The number of nitrogens with zero attached hydrogens (tertiary/aromatic N) is 3. The summed E-state index contributed by atoms with van der Waals surface area (Å²) < 4.78 is 10.9. The Balaban J connectivity index is 1.64. The van der Waals surface area contributed by atoms with Crippen molar-refractivity contribution in [3.05, 3.63) is 58.1 Å². The van der Waals surface area contributed by atoms with Crippen LogP contribution >= 0.6 is 11.8 Å². The molecule has 29 heavy (non-hydrogen) atoms. The van der Waals surface area contributed by atoms with Crippen molar-refractivity contribution in [1.82, 2.24) is 10.2 Å². The molecular formula is C19H18N4O5S. The minimum Gasteiger partial charge on any atom is -0.494 e. The van der Waals surface area contributed by atoms with Crippen LogP contribution in [0.1, 0.15) is 12.5 Å². The van der Waals surface area contributed by atoms with E-state index in [2.05, 4.69) is 15.5 Å². The third-order valence-electron chi connectivity index (χ3n) is 3.86. The van der Waals surface area contributed by atoms with Crippen molar-refractivity contribution >= 4 is 29.0 Å². The molecule has 0 fully saturated rings. The van der Waals surface area contributed by atoms with Crippen LogP contribution in [0.4, 0.5) is 11.4 Å². The molecule has 0 saturated heterocycles. The van der Waals surface area contributed by atoms with E-state index in [4.69, 9.17) is 9.15 Å².